The van der Waals surface area contributed by atoms with Crippen LogP contribution in [0, 0.1) is 12.8 Å². The maximum absolute atomic E-state index is 12.0. The Morgan fingerprint density at radius 2 is 1.88 bits per heavy atom. The van der Waals surface area contributed by atoms with E-state index in [-0.39, 0.29) is 4.87 Å². The van der Waals surface area contributed by atoms with Crippen molar-refractivity contribution in [2.75, 3.05) is 0 Å². The fourth-order valence-corrected chi connectivity index (χ4v) is 2.86. The third-order valence-electron chi connectivity index (χ3n) is 2.66. The fraction of sp³-hybridized carbons (Fsp3) is 0.357. The first-order chi connectivity index (χ1) is 8.09. The molecule has 0 bridgehead atoms. The number of hydrogen-bond donors (Lipinski definition) is 0. The summed E-state index contributed by atoms with van der Waals surface area (Å²) in [6.07, 6.45) is 0. The first-order valence-electron chi connectivity index (χ1n) is 5.85. The van der Waals surface area contributed by atoms with Gasteiger partial charge in [-0.15, -0.1) is 0 Å². The highest BCUT2D eigenvalue weighted by molar-refractivity contribution is 7.09. The van der Waals surface area contributed by atoms with Crippen molar-refractivity contribution in [3.63, 3.8) is 0 Å². The number of hydrogen-bond acceptors (Lipinski definition) is 2. The molecule has 0 atom stereocenters. The lowest BCUT2D eigenvalue weighted by molar-refractivity contribution is 0.521. The first kappa shape index (κ1) is 12.1. The minimum Gasteiger partial charge on any atom is -0.298 e. The molecule has 0 aliphatic rings. The Bertz CT molecular complexity index is 551. The average Bonchev–Trinajstić information content (AvgIpc) is 2.54. The largest absolute Gasteiger partial charge is 0.307 e. The molecule has 2 rings (SSSR count). The second-order valence-corrected chi connectivity index (χ2v) is 5.81. The molecule has 1 heterocycles. The van der Waals surface area contributed by atoms with Crippen molar-refractivity contribution in [1.29, 1.82) is 0 Å². The second kappa shape index (κ2) is 4.88. The monoisotopic (exact) mass is 247 g/mol. The highest BCUT2D eigenvalue weighted by atomic mass is 32.1. The van der Waals surface area contributed by atoms with Crippen LogP contribution in [0.2, 0.25) is 0 Å². The van der Waals surface area contributed by atoms with Gasteiger partial charge in [0.1, 0.15) is 0 Å². The summed E-state index contributed by atoms with van der Waals surface area (Å²) in [4.78, 5) is 13.2. The lowest BCUT2D eigenvalue weighted by Crippen LogP contribution is -2.17. The summed E-state index contributed by atoms with van der Waals surface area (Å²) in [5.74, 6) is 0.476. The van der Waals surface area contributed by atoms with Crippen molar-refractivity contribution in [3.8, 4) is 11.3 Å². The van der Waals surface area contributed by atoms with Crippen LogP contribution in [0.5, 0.6) is 0 Å². The number of aryl methyl sites for hydroxylation is 1. The van der Waals surface area contributed by atoms with Crippen molar-refractivity contribution < 1.29 is 0 Å². The Morgan fingerprint density at radius 3 is 2.47 bits per heavy atom. The molecule has 2 nitrogen and oxygen atoms in total. The van der Waals surface area contributed by atoms with Crippen LogP contribution in [0.4, 0.5) is 0 Å². The van der Waals surface area contributed by atoms with E-state index < -0.39 is 0 Å². The van der Waals surface area contributed by atoms with Gasteiger partial charge in [0.05, 0.1) is 5.69 Å². The van der Waals surface area contributed by atoms with E-state index in [1.807, 2.05) is 29.7 Å². The molecule has 0 aliphatic carbocycles. The summed E-state index contributed by atoms with van der Waals surface area (Å²) in [5, 5.41) is 0. The summed E-state index contributed by atoms with van der Waals surface area (Å²) in [5.41, 5.74) is 2.21. The van der Waals surface area contributed by atoms with Crippen LogP contribution in [0.1, 0.15) is 18.7 Å². The SMILES string of the molecule is Cc1sc(=O)n(CC(C)C)c1-c1ccccc1. The molecule has 2 aromatic rings. The standard InChI is InChI=1S/C14H17NOS/c1-10(2)9-15-13(11(3)17-14(15)16)12-7-5-4-6-8-12/h4-8,10H,9H2,1-3H3. The predicted molar refractivity (Wildman–Crippen MR) is 73.6 cm³/mol. The molecule has 0 N–H and O–H groups in total. The molecule has 1 aromatic carbocycles. The number of benzene rings is 1. The Morgan fingerprint density at radius 1 is 1.24 bits per heavy atom. The number of rotatable bonds is 3. The molecule has 0 radical (unpaired) electrons. The third-order valence-corrected chi connectivity index (χ3v) is 3.55. The van der Waals surface area contributed by atoms with E-state index in [2.05, 4.69) is 26.0 Å². The van der Waals surface area contributed by atoms with E-state index in [1.165, 1.54) is 11.3 Å². The lowest BCUT2D eigenvalue weighted by Gasteiger charge is -2.11. The Hall–Kier alpha value is -1.35. The van der Waals surface area contributed by atoms with Gasteiger partial charge in [-0.2, -0.15) is 0 Å². The third kappa shape index (κ3) is 2.50. The van der Waals surface area contributed by atoms with Crippen LogP contribution in [-0.2, 0) is 6.54 Å². The van der Waals surface area contributed by atoms with Gasteiger partial charge in [-0.3, -0.25) is 9.36 Å². The van der Waals surface area contributed by atoms with Gasteiger partial charge >= 0.3 is 4.87 Å². The molecule has 0 saturated carbocycles. The summed E-state index contributed by atoms with van der Waals surface area (Å²) in [6, 6.07) is 10.1. The summed E-state index contributed by atoms with van der Waals surface area (Å²) >= 11 is 1.34. The molecule has 0 spiro atoms. The van der Waals surface area contributed by atoms with E-state index in [0.29, 0.717) is 5.92 Å². The van der Waals surface area contributed by atoms with Crippen LogP contribution in [0.25, 0.3) is 11.3 Å². The molecule has 17 heavy (non-hydrogen) atoms. The predicted octanol–water partition coefficient (Wildman–Crippen LogP) is 3.54. The van der Waals surface area contributed by atoms with Gasteiger partial charge in [0, 0.05) is 11.4 Å². The lowest BCUT2D eigenvalue weighted by atomic mass is 10.1. The molecule has 90 valence electrons. The van der Waals surface area contributed by atoms with E-state index in [9.17, 15) is 4.79 Å². The molecule has 0 fully saturated rings. The van der Waals surface area contributed by atoms with Crippen molar-refractivity contribution in [3.05, 3.63) is 44.9 Å². The zero-order valence-electron chi connectivity index (χ0n) is 10.4. The summed E-state index contributed by atoms with van der Waals surface area (Å²) < 4.78 is 1.90. The molecule has 0 amide bonds. The molecule has 0 aliphatic heterocycles. The van der Waals surface area contributed by atoms with Gasteiger partial charge in [0.15, 0.2) is 0 Å². The van der Waals surface area contributed by atoms with Crippen molar-refractivity contribution >= 4 is 11.3 Å². The molecule has 3 heteroatoms. The summed E-state index contributed by atoms with van der Waals surface area (Å²) in [7, 11) is 0. The second-order valence-electron chi connectivity index (χ2n) is 4.64. The van der Waals surface area contributed by atoms with E-state index >= 15 is 0 Å². The fourth-order valence-electron chi connectivity index (χ4n) is 2.00. The Balaban J connectivity index is 2.57. The van der Waals surface area contributed by atoms with Crippen LogP contribution < -0.4 is 4.87 Å². The normalized spacial score (nSPS) is 11.1. The van der Waals surface area contributed by atoms with Crippen molar-refractivity contribution in [2.45, 2.75) is 27.3 Å². The zero-order valence-corrected chi connectivity index (χ0v) is 11.3. The van der Waals surface area contributed by atoms with Crippen molar-refractivity contribution in [2.24, 2.45) is 5.92 Å². The number of nitrogens with zero attached hydrogens (tertiary/aromatic N) is 1. The van der Waals surface area contributed by atoms with Crippen molar-refractivity contribution in [1.82, 2.24) is 4.57 Å². The highest BCUT2D eigenvalue weighted by Crippen LogP contribution is 2.25. The number of aromatic nitrogens is 1. The minimum atomic E-state index is 0.148. The molecule has 1 aromatic heterocycles. The minimum absolute atomic E-state index is 0.148. The number of thiazole rings is 1. The van der Waals surface area contributed by atoms with Crippen LogP contribution in [0.15, 0.2) is 35.1 Å². The zero-order chi connectivity index (χ0) is 12.4. The highest BCUT2D eigenvalue weighted by Gasteiger charge is 2.13. The molecule has 0 saturated heterocycles. The quantitative estimate of drug-likeness (QED) is 0.813. The summed E-state index contributed by atoms with van der Waals surface area (Å²) in [6.45, 7) is 7.07. The Kier molecular flexibility index (Phi) is 3.48. The molecule has 0 unspecified atom stereocenters. The Labute approximate surface area is 106 Å². The maximum Gasteiger partial charge on any atom is 0.307 e. The smallest absolute Gasteiger partial charge is 0.298 e. The van der Waals surface area contributed by atoms with E-state index in [0.717, 1.165) is 22.7 Å². The van der Waals surface area contributed by atoms with E-state index in [1.54, 1.807) is 0 Å². The van der Waals surface area contributed by atoms with Crippen LogP contribution in [0.3, 0.4) is 0 Å². The van der Waals surface area contributed by atoms with Gasteiger partial charge < -0.3 is 0 Å². The van der Waals surface area contributed by atoms with Crippen LogP contribution in [-0.4, -0.2) is 4.57 Å². The average molecular weight is 247 g/mol. The topological polar surface area (TPSA) is 22.0 Å². The van der Waals surface area contributed by atoms with Crippen LogP contribution >= 0.6 is 11.3 Å². The van der Waals surface area contributed by atoms with Gasteiger partial charge in [-0.05, 0) is 18.4 Å². The molecular weight excluding hydrogens is 230 g/mol. The van der Waals surface area contributed by atoms with Gasteiger partial charge in [-0.1, -0.05) is 55.5 Å². The van der Waals surface area contributed by atoms with Gasteiger partial charge in [-0.25, -0.2) is 0 Å². The maximum atomic E-state index is 12.0. The van der Waals surface area contributed by atoms with E-state index in [4.69, 9.17) is 0 Å². The first-order valence-corrected chi connectivity index (χ1v) is 6.67. The van der Waals surface area contributed by atoms with Gasteiger partial charge in [0.2, 0.25) is 0 Å². The van der Waals surface area contributed by atoms with Gasteiger partial charge in [0.25, 0.3) is 0 Å². The molecular formula is C14H17NOS.